The summed E-state index contributed by atoms with van der Waals surface area (Å²) in [5.74, 6) is -0.517. The first kappa shape index (κ1) is 13.4. The average molecular weight is 372 g/mol. The summed E-state index contributed by atoms with van der Waals surface area (Å²) in [7, 11) is 0. The number of aryl methyl sites for hydroxylation is 1. The van der Waals surface area contributed by atoms with Gasteiger partial charge in [-0.3, -0.25) is 4.79 Å². The Kier molecular flexibility index (Phi) is 3.97. The second kappa shape index (κ2) is 5.33. The number of benzene rings is 2. The van der Waals surface area contributed by atoms with Gasteiger partial charge in [0.05, 0.1) is 4.47 Å². The molecule has 0 aromatic heterocycles. The highest BCUT2D eigenvalue weighted by atomic mass is 79.9. The highest BCUT2D eigenvalue weighted by molar-refractivity contribution is 9.10. The van der Waals surface area contributed by atoms with Gasteiger partial charge in [0.15, 0.2) is 5.78 Å². The van der Waals surface area contributed by atoms with Gasteiger partial charge in [0.2, 0.25) is 0 Å². The van der Waals surface area contributed by atoms with Crippen LogP contribution in [0.5, 0.6) is 0 Å². The third kappa shape index (κ3) is 2.70. The summed E-state index contributed by atoms with van der Waals surface area (Å²) in [5, 5.41) is 0. The lowest BCUT2D eigenvalue weighted by Gasteiger charge is -2.05. The minimum absolute atomic E-state index is 0.137. The van der Waals surface area contributed by atoms with Crippen molar-refractivity contribution >= 4 is 37.6 Å². The molecule has 0 N–H and O–H groups in total. The highest BCUT2D eigenvalue weighted by Crippen LogP contribution is 2.24. The van der Waals surface area contributed by atoms with Crippen LogP contribution in [0.3, 0.4) is 0 Å². The molecule has 0 fully saturated rings. The van der Waals surface area contributed by atoms with Crippen molar-refractivity contribution in [2.45, 2.75) is 6.92 Å². The number of carbonyl (C=O) groups is 1. The molecule has 18 heavy (non-hydrogen) atoms. The standard InChI is InChI=1S/C14H9Br2FO/c1-8-2-4-10(11(15)6-8)14(18)9-3-5-13(17)12(16)7-9/h2-7H,1H3. The summed E-state index contributed by atoms with van der Waals surface area (Å²) in [5.41, 5.74) is 2.09. The molecule has 4 heteroatoms. The SMILES string of the molecule is Cc1ccc(C(=O)c2ccc(F)c(Br)c2)c(Br)c1. The largest absolute Gasteiger partial charge is 0.289 e. The van der Waals surface area contributed by atoms with Crippen molar-refractivity contribution in [2.24, 2.45) is 0 Å². The van der Waals surface area contributed by atoms with Gasteiger partial charge in [-0.2, -0.15) is 0 Å². The van der Waals surface area contributed by atoms with E-state index in [0.717, 1.165) is 10.0 Å². The molecular weight excluding hydrogens is 363 g/mol. The Balaban J connectivity index is 2.44. The molecular formula is C14H9Br2FO. The Labute approximate surface area is 121 Å². The Hall–Kier alpha value is -1.00. The first-order valence-electron chi connectivity index (χ1n) is 5.25. The normalized spacial score (nSPS) is 10.4. The van der Waals surface area contributed by atoms with Crippen LogP contribution in [0.25, 0.3) is 0 Å². The Morgan fingerprint density at radius 1 is 1.06 bits per heavy atom. The fourth-order valence-electron chi connectivity index (χ4n) is 1.60. The summed E-state index contributed by atoms with van der Waals surface area (Å²) >= 11 is 6.45. The summed E-state index contributed by atoms with van der Waals surface area (Å²) in [6, 6.07) is 9.76. The number of rotatable bonds is 2. The Bertz CT molecular complexity index is 623. The molecule has 0 heterocycles. The van der Waals surface area contributed by atoms with E-state index in [1.807, 2.05) is 19.1 Å². The number of hydrogen-bond donors (Lipinski definition) is 0. The third-order valence-electron chi connectivity index (χ3n) is 2.55. The summed E-state index contributed by atoms with van der Waals surface area (Å²) in [6.45, 7) is 1.95. The predicted octanol–water partition coefficient (Wildman–Crippen LogP) is 4.89. The molecule has 2 aromatic carbocycles. The molecule has 2 aromatic rings. The van der Waals surface area contributed by atoms with Gasteiger partial charge < -0.3 is 0 Å². The van der Waals surface area contributed by atoms with Gasteiger partial charge in [-0.25, -0.2) is 4.39 Å². The molecule has 0 saturated carbocycles. The van der Waals surface area contributed by atoms with Crippen LogP contribution in [0, 0.1) is 12.7 Å². The van der Waals surface area contributed by atoms with Crippen LogP contribution >= 0.6 is 31.9 Å². The molecule has 0 saturated heterocycles. The van der Waals surface area contributed by atoms with E-state index < -0.39 is 0 Å². The van der Waals surface area contributed by atoms with Crippen molar-refractivity contribution in [3.05, 3.63) is 67.9 Å². The van der Waals surface area contributed by atoms with Crippen LogP contribution in [-0.2, 0) is 0 Å². The smallest absolute Gasteiger partial charge is 0.194 e. The lowest BCUT2D eigenvalue weighted by atomic mass is 10.0. The lowest BCUT2D eigenvalue weighted by Crippen LogP contribution is -2.03. The summed E-state index contributed by atoms with van der Waals surface area (Å²) < 4.78 is 14.2. The summed E-state index contributed by atoms with van der Waals surface area (Å²) in [4.78, 5) is 12.3. The quantitative estimate of drug-likeness (QED) is 0.687. The van der Waals surface area contributed by atoms with Crippen molar-refractivity contribution in [3.63, 3.8) is 0 Å². The maximum Gasteiger partial charge on any atom is 0.194 e. The predicted molar refractivity (Wildman–Crippen MR) is 76.4 cm³/mol. The first-order valence-corrected chi connectivity index (χ1v) is 6.83. The molecule has 0 radical (unpaired) electrons. The molecule has 2 rings (SSSR count). The Morgan fingerprint density at radius 2 is 1.78 bits per heavy atom. The lowest BCUT2D eigenvalue weighted by molar-refractivity contribution is 0.103. The van der Waals surface area contributed by atoms with E-state index >= 15 is 0 Å². The van der Waals surface area contributed by atoms with E-state index in [1.165, 1.54) is 18.2 Å². The third-order valence-corrected chi connectivity index (χ3v) is 3.81. The highest BCUT2D eigenvalue weighted by Gasteiger charge is 2.13. The van der Waals surface area contributed by atoms with E-state index in [9.17, 15) is 9.18 Å². The zero-order chi connectivity index (χ0) is 13.3. The second-order valence-electron chi connectivity index (χ2n) is 3.94. The number of ketones is 1. The van der Waals surface area contributed by atoms with Crippen molar-refractivity contribution in [3.8, 4) is 0 Å². The maximum atomic E-state index is 13.1. The van der Waals surface area contributed by atoms with E-state index in [2.05, 4.69) is 31.9 Å². The van der Waals surface area contributed by atoms with Gasteiger partial charge >= 0.3 is 0 Å². The van der Waals surface area contributed by atoms with Crippen molar-refractivity contribution in [1.29, 1.82) is 0 Å². The molecule has 0 atom stereocenters. The van der Waals surface area contributed by atoms with Gasteiger partial charge in [0.25, 0.3) is 0 Å². The van der Waals surface area contributed by atoms with E-state index in [-0.39, 0.29) is 16.1 Å². The minimum atomic E-state index is -0.380. The molecule has 0 spiro atoms. The number of halogens is 3. The monoisotopic (exact) mass is 370 g/mol. The van der Waals surface area contributed by atoms with Gasteiger partial charge in [-0.1, -0.05) is 22.0 Å². The molecule has 0 amide bonds. The first-order chi connectivity index (χ1) is 8.49. The molecule has 0 aliphatic carbocycles. The van der Waals surface area contributed by atoms with Gasteiger partial charge in [0, 0.05) is 15.6 Å². The maximum absolute atomic E-state index is 13.1. The van der Waals surface area contributed by atoms with E-state index in [0.29, 0.717) is 11.1 Å². The fourth-order valence-corrected chi connectivity index (χ4v) is 2.65. The van der Waals surface area contributed by atoms with Crippen LogP contribution in [0.15, 0.2) is 45.3 Å². The molecule has 92 valence electrons. The molecule has 0 bridgehead atoms. The van der Waals surface area contributed by atoms with Crippen molar-refractivity contribution in [2.75, 3.05) is 0 Å². The van der Waals surface area contributed by atoms with E-state index in [1.54, 1.807) is 6.07 Å². The molecule has 0 aliphatic heterocycles. The van der Waals surface area contributed by atoms with Gasteiger partial charge in [0.1, 0.15) is 5.82 Å². The van der Waals surface area contributed by atoms with Crippen molar-refractivity contribution < 1.29 is 9.18 Å². The van der Waals surface area contributed by atoms with Crippen LogP contribution in [-0.4, -0.2) is 5.78 Å². The Morgan fingerprint density at radius 3 is 2.39 bits per heavy atom. The van der Waals surface area contributed by atoms with Crippen LogP contribution in [0.4, 0.5) is 4.39 Å². The molecule has 1 nitrogen and oxygen atoms in total. The van der Waals surface area contributed by atoms with Crippen LogP contribution in [0.2, 0.25) is 0 Å². The summed E-state index contributed by atoms with van der Waals surface area (Å²) in [6.07, 6.45) is 0. The van der Waals surface area contributed by atoms with Crippen LogP contribution < -0.4 is 0 Å². The average Bonchev–Trinajstić information content (AvgIpc) is 2.32. The zero-order valence-electron chi connectivity index (χ0n) is 9.51. The topological polar surface area (TPSA) is 17.1 Å². The van der Waals surface area contributed by atoms with Gasteiger partial charge in [-0.15, -0.1) is 0 Å². The minimum Gasteiger partial charge on any atom is -0.289 e. The second-order valence-corrected chi connectivity index (χ2v) is 5.65. The number of hydrogen-bond acceptors (Lipinski definition) is 1. The molecule has 0 unspecified atom stereocenters. The molecule has 0 aliphatic rings. The van der Waals surface area contributed by atoms with Gasteiger partial charge in [-0.05, 0) is 58.7 Å². The number of carbonyl (C=O) groups excluding carboxylic acids is 1. The fraction of sp³-hybridized carbons (Fsp3) is 0.0714. The van der Waals surface area contributed by atoms with E-state index in [4.69, 9.17) is 0 Å². The van der Waals surface area contributed by atoms with Crippen LogP contribution in [0.1, 0.15) is 21.5 Å². The van der Waals surface area contributed by atoms with Crippen molar-refractivity contribution in [1.82, 2.24) is 0 Å². The zero-order valence-corrected chi connectivity index (χ0v) is 12.7.